The Bertz CT molecular complexity index is 257. The van der Waals surface area contributed by atoms with Gasteiger partial charge in [-0.15, -0.1) is 0 Å². The molecule has 2 rings (SSSR count). The minimum atomic E-state index is 0.112. The van der Waals surface area contributed by atoms with Gasteiger partial charge in [0.1, 0.15) is 0 Å². The predicted molar refractivity (Wildman–Crippen MR) is 65.2 cm³/mol. The Balaban J connectivity index is 1.91. The van der Waals surface area contributed by atoms with Crippen LogP contribution in [0.3, 0.4) is 0 Å². The van der Waals surface area contributed by atoms with Gasteiger partial charge < -0.3 is 10.2 Å². The number of carbonyl (C=O) groups excluding carboxylic acids is 1. The van der Waals surface area contributed by atoms with Crippen LogP contribution in [0.2, 0.25) is 0 Å². The van der Waals surface area contributed by atoms with Gasteiger partial charge in [-0.1, -0.05) is 13.8 Å². The molecule has 2 aliphatic rings. The Morgan fingerprint density at radius 2 is 2.06 bits per heavy atom. The lowest BCUT2D eigenvalue weighted by atomic mass is 9.85. The number of likely N-dealkylation sites (tertiary alicyclic amines) is 1. The van der Waals surface area contributed by atoms with Crippen molar-refractivity contribution in [3.8, 4) is 0 Å². The molecule has 0 aromatic rings. The summed E-state index contributed by atoms with van der Waals surface area (Å²) in [6.45, 7) is 7.55. The third-order valence-electron chi connectivity index (χ3n) is 4.01. The highest BCUT2D eigenvalue weighted by Gasteiger charge is 2.30. The Morgan fingerprint density at radius 3 is 2.75 bits per heavy atom. The molecule has 1 N–H and O–H groups in total. The predicted octanol–water partition coefficient (Wildman–Crippen LogP) is 1.78. The van der Waals surface area contributed by atoms with Crippen molar-refractivity contribution in [1.29, 1.82) is 0 Å². The molecule has 2 saturated heterocycles. The first-order valence-electron chi connectivity index (χ1n) is 6.61. The summed E-state index contributed by atoms with van der Waals surface area (Å²) in [6.07, 6.45) is 5.72. The van der Waals surface area contributed by atoms with E-state index in [9.17, 15) is 4.79 Å². The molecule has 0 radical (unpaired) electrons. The molecular weight excluding hydrogens is 200 g/mol. The second-order valence-corrected chi connectivity index (χ2v) is 5.99. The molecule has 1 atom stereocenters. The van der Waals surface area contributed by atoms with Gasteiger partial charge in [0.2, 0.25) is 5.91 Å². The van der Waals surface area contributed by atoms with Crippen LogP contribution in [0.4, 0.5) is 0 Å². The third-order valence-corrected chi connectivity index (χ3v) is 4.01. The number of carbonyl (C=O) groups is 1. The Hall–Kier alpha value is -0.570. The summed E-state index contributed by atoms with van der Waals surface area (Å²) >= 11 is 0. The van der Waals surface area contributed by atoms with Crippen molar-refractivity contribution in [1.82, 2.24) is 10.2 Å². The summed E-state index contributed by atoms with van der Waals surface area (Å²) in [6, 6.07) is 0.112. The molecule has 1 unspecified atom stereocenters. The molecule has 0 aromatic carbocycles. The smallest absolute Gasteiger partial charge is 0.239 e. The van der Waals surface area contributed by atoms with Crippen molar-refractivity contribution in [3.05, 3.63) is 0 Å². The van der Waals surface area contributed by atoms with Gasteiger partial charge in [0.05, 0.1) is 6.04 Å². The molecule has 2 fully saturated rings. The number of nitrogens with zero attached hydrogens (tertiary/aromatic N) is 1. The van der Waals surface area contributed by atoms with Gasteiger partial charge in [0, 0.05) is 13.1 Å². The van der Waals surface area contributed by atoms with Gasteiger partial charge in [0.25, 0.3) is 0 Å². The van der Waals surface area contributed by atoms with Crippen molar-refractivity contribution in [2.24, 2.45) is 5.41 Å². The SMILES string of the molecule is CC1(C)CCCN(C(=O)C2CCCN2)CC1. The quantitative estimate of drug-likeness (QED) is 0.736. The lowest BCUT2D eigenvalue weighted by molar-refractivity contribution is -0.133. The molecule has 0 aliphatic carbocycles. The zero-order valence-corrected chi connectivity index (χ0v) is 10.6. The van der Waals surface area contributed by atoms with Gasteiger partial charge in [-0.3, -0.25) is 4.79 Å². The lowest BCUT2D eigenvalue weighted by Gasteiger charge is -2.25. The van der Waals surface area contributed by atoms with Crippen LogP contribution >= 0.6 is 0 Å². The minimum Gasteiger partial charge on any atom is -0.341 e. The lowest BCUT2D eigenvalue weighted by Crippen LogP contribution is -2.44. The fourth-order valence-electron chi connectivity index (χ4n) is 2.76. The van der Waals surface area contributed by atoms with Crippen LogP contribution in [0, 0.1) is 5.41 Å². The van der Waals surface area contributed by atoms with Crippen molar-refractivity contribution < 1.29 is 4.79 Å². The molecule has 2 aliphatic heterocycles. The highest BCUT2D eigenvalue weighted by atomic mass is 16.2. The number of nitrogens with one attached hydrogen (secondary N) is 1. The van der Waals surface area contributed by atoms with Crippen molar-refractivity contribution in [3.63, 3.8) is 0 Å². The third kappa shape index (κ3) is 2.76. The zero-order valence-electron chi connectivity index (χ0n) is 10.6. The van der Waals surface area contributed by atoms with E-state index in [1.54, 1.807) is 0 Å². The standard InChI is InChI=1S/C13H24N2O/c1-13(2)6-4-9-15(10-7-13)12(16)11-5-3-8-14-11/h11,14H,3-10H2,1-2H3. The summed E-state index contributed by atoms with van der Waals surface area (Å²) in [5, 5.41) is 3.30. The van der Waals surface area contributed by atoms with Crippen LogP contribution in [0.1, 0.15) is 46.0 Å². The summed E-state index contributed by atoms with van der Waals surface area (Å²) in [4.78, 5) is 14.3. The fraction of sp³-hybridized carbons (Fsp3) is 0.923. The second-order valence-electron chi connectivity index (χ2n) is 5.99. The maximum absolute atomic E-state index is 12.2. The molecule has 2 heterocycles. The number of hydrogen-bond acceptors (Lipinski definition) is 2. The Kier molecular flexibility index (Phi) is 3.53. The maximum atomic E-state index is 12.2. The monoisotopic (exact) mass is 224 g/mol. The highest BCUT2D eigenvalue weighted by molar-refractivity contribution is 5.82. The summed E-state index contributed by atoms with van der Waals surface area (Å²) in [5.41, 5.74) is 0.415. The van der Waals surface area contributed by atoms with Crippen LogP contribution in [0.25, 0.3) is 0 Å². The molecule has 0 bridgehead atoms. The summed E-state index contributed by atoms with van der Waals surface area (Å²) in [5.74, 6) is 0.343. The van der Waals surface area contributed by atoms with Crippen molar-refractivity contribution in [2.45, 2.75) is 52.0 Å². The number of rotatable bonds is 1. The van der Waals surface area contributed by atoms with E-state index in [1.807, 2.05) is 0 Å². The van der Waals surface area contributed by atoms with E-state index in [-0.39, 0.29) is 6.04 Å². The molecular formula is C13H24N2O. The molecule has 3 heteroatoms. The van der Waals surface area contributed by atoms with Crippen LogP contribution in [-0.2, 0) is 4.79 Å². The topological polar surface area (TPSA) is 32.3 Å². The number of hydrogen-bond donors (Lipinski definition) is 1. The normalized spacial score (nSPS) is 30.1. The first kappa shape index (κ1) is 11.9. The van der Waals surface area contributed by atoms with Gasteiger partial charge in [-0.25, -0.2) is 0 Å². The summed E-state index contributed by atoms with van der Waals surface area (Å²) < 4.78 is 0. The molecule has 0 aromatic heterocycles. The minimum absolute atomic E-state index is 0.112. The number of amides is 1. The van der Waals surface area contributed by atoms with Crippen LogP contribution < -0.4 is 5.32 Å². The van der Waals surface area contributed by atoms with E-state index in [4.69, 9.17) is 0 Å². The van der Waals surface area contributed by atoms with Crippen molar-refractivity contribution >= 4 is 5.91 Å². The first-order valence-corrected chi connectivity index (χ1v) is 6.61. The van der Waals surface area contributed by atoms with E-state index in [1.165, 1.54) is 6.42 Å². The molecule has 0 spiro atoms. The molecule has 1 amide bonds. The average molecular weight is 224 g/mol. The molecule has 0 saturated carbocycles. The largest absolute Gasteiger partial charge is 0.341 e. The van der Waals surface area contributed by atoms with Crippen LogP contribution in [-0.4, -0.2) is 36.5 Å². The van der Waals surface area contributed by atoms with Crippen LogP contribution in [0.15, 0.2) is 0 Å². The van der Waals surface area contributed by atoms with Gasteiger partial charge in [-0.05, 0) is 44.1 Å². The van der Waals surface area contributed by atoms with Gasteiger partial charge >= 0.3 is 0 Å². The maximum Gasteiger partial charge on any atom is 0.239 e. The second kappa shape index (κ2) is 4.74. The van der Waals surface area contributed by atoms with E-state index >= 15 is 0 Å². The average Bonchev–Trinajstić information content (AvgIpc) is 2.69. The van der Waals surface area contributed by atoms with E-state index in [0.29, 0.717) is 11.3 Å². The van der Waals surface area contributed by atoms with Gasteiger partial charge in [-0.2, -0.15) is 0 Å². The zero-order chi connectivity index (χ0) is 11.6. The van der Waals surface area contributed by atoms with E-state index in [2.05, 4.69) is 24.1 Å². The van der Waals surface area contributed by atoms with Crippen molar-refractivity contribution in [2.75, 3.05) is 19.6 Å². The van der Waals surface area contributed by atoms with Crippen LogP contribution in [0.5, 0.6) is 0 Å². The highest BCUT2D eigenvalue weighted by Crippen LogP contribution is 2.30. The summed E-state index contributed by atoms with van der Waals surface area (Å²) in [7, 11) is 0. The Morgan fingerprint density at radius 1 is 1.25 bits per heavy atom. The molecule has 92 valence electrons. The fourth-order valence-corrected chi connectivity index (χ4v) is 2.76. The molecule has 3 nitrogen and oxygen atoms in total. The Labute approximate surface area is 98.6 Å². The van der Waals surface area contributed by atoms with E-state index < -0.39 is 0 Å². The van der Waals surface area contributed by atoms with Gasteiger partial charge in [0.15, 0.2) is 0 Å². The molecule has 16 heavy (non-hydrogen) atoms. The van der Waals surface area contributed by atoms with E-state index in [0.717, 1.165) is 45.3 Å². The first-order chi connectivity index (χ1) is 7.58.